The van der Waals surface area contributed by atoms with Gasteiger partial charge in [0, 0.05) is 18.0 Å². The van der Waals surface area contributed by atoms with Crippen molar-refractivity contribution in [3.63, 3.8) is 0 Å². The van der Waals surface area contributed by atoms with E-state index >= 15 is 0 Å². The zero-order valence-electron chi connectivity index (χ0n) is 7.11. The van der Waals surface area contributed by atoms with Crippen molar-refractivity contribution in [2.75, 3.05) is 0 Å². The van der Waals surface area contributed by atoms with Gasteiger partial charge in [0.25, 0.3) is 0 Å². The highest BCUT2D eigenvalue weighted by atomic mass is 32.1. The Bertz CT molecular complexity index is 354. The summed E-state index contributed by atoms with van der Waals surface area (Å²) < 4.78 is 1.91. The highest BCUT2D eigenvalue weighted by Crippen LogP contribution is 2.24. The third kappa shape index (κ3) is 1.06. The first-order valence-electron chi connectivity index (χ1n) is 3.80. The Morgan fingerprint density at radius 2 is 2.33 bits per heavy atom. The van der Waals surface area contributed by atoms with Crippen LogP contribution in [0, 0.1) is 6.92 Å². The van der Waals surface area contributed by atoms with Crippen LogP contribution >= 0.6 is 11.3 Å². The molecule has 0 saturated carbocycles. The lowest BCUT2D eigenvalue weighted by Gasteiger charge is -1.99. The maximum Gasteiger partial charge on any atom is 0.0716 e. The number of nitrogens with zero attached hydrogens (tertiary/aromatic N) is 2. The van der Waals surface area contributed by atoms with Crippen molar-refractivity contribution in [1.82, 2.24) is 9.78 Å². The molecule has 2 rings (SSSR count). The van der Waals surface area contributed by atoms with Gasteiger partial charge in [-0.15, -0.1) is 0 Å². The van der Waals surface area contributed by atoms with E-state index in [0.717, 1.165) is 0 Å². The second kappa shape index (κ2) is 2.75. The van der Waals surface area contributed by atoms with Crippen LogP contribution in [0.1, 0.15) is 5.56 Å². The first-order chi connectivity index (χ1) is 5.79. The number of aromatic nitrogens is 2. The molecule has 2 aromatic heterocycles. The SMILES string of the molecule is Cc1cnn(C)c1-c1ccsc1. The van der Waals surface area contributed by atoms with Gasteiger partial charge >= 0.3 is 0 Å². The molecule has 3 heteroatoms. The molecule has 0 aliphatic heterocycles. The Hall–Kier alpha value is -1.09. The van der Waals surface area contributed by atoms with Crippen molar-refractivity contribution in [3.05, 3.63) is 28.6 Å². The van der Waals surface area contributed by atoms with Gasteiger partial charge in [-0.25, -0.2) is 0 Å². The molecule has 0 atom stereocenters. The minimum absolute atomic E-state index is 1.22. The van der Waals surface area contributed by atoms with Crippen LogP contribution in [-0.4, -0.2) is 9.78 Å². The molecule has 12 heavy (non-hydrogen) atoms. The summed E-state index contributed by atoms with van der Waals surface area (Å²) in [6, 6.07) is 2.12. The highest BCUT2D eigenvalue weighted by molar-refractivity contribution is 7.08. The summed E-state index contributed by atoms with van der Waals surface area (Å²) >= 11 is 1.71. The summed E-state index contributed by atoms with van der Waals surface area (Å²) in [5, 5.41) is 8.42. The second-order valence-corrected chi connectivity index (χ2v) is 3.59. The van der Waals surface area contributed by atoms with Crippen LogP contribution in [0.25, 0.3) is 11.3 Å². The zero-order valence-corrected chi connectivity index (χ0v) is 7.93. The first-order valence-corrected chi connectivity index (χ1v) is 4.74. The lowest BCUT2D eigenvalue weighted by atomic mass is 10.2. The van der Waals surface area contributed by atoms with Gasteiger partial charge < -0.3 is 0 Å². The molecule has 0 amide bonds. The summed E-state index contributed by atoms with van der Waals surface area (Å²) in [6.45, 7) is 2.08. The van der Waals surface area contributed by atoms with Crippen LogP contribution in [-0.2, 0) is 7.05 Å². The largest absolute Gasteiger partial charge is 0.268 e. The predicted octanol–water partition coefficient (Wildman–Crippen LogP) is 2.46. The van der Waals surface area contributed by atoms with E-state index in [-0.39, 0.29) is 0 Å². The predicted molar refractivity (Wildman–Crippen MR) is 51.3 cm³/mol. The molecule has 62 valence electrons. The quantitative estimate of drug-likeness (QED) is 0.656. The fraction of sp³-hybridized carbons (Fsp3) is 0.222. The van der Waals surface area contributed by atoms with E-state index in [4.69, 9.17) is 0 Å². The molecule has 0 spiro atoms. The fourth-order valence-electron chi connectivity index (χ4n) is 1.36. The van der Waals surface area contributed by atoms with Crippen molar-refractivity contribution in [2.24, 2.45) is 7.05 Å². The molecule has 0 bridgehead atoms. The number of hydrogen-bond donors (Lipinski definition) is 0. The average Bonchev–Trinajstić information content (AvgIpc) is 2.61. The molecule has 2 heterocycles. The summed E-state index contributed by atoms with van der Waals surface area (Å²) in [5.74, 6) is 0. The molecule has 0 aliphatic carbocycles. The Balaban J connectivity index is 2.60. The smallest absolute Gasteiger partial charge is 0.0716 e. The Kier molecular flexibility index (Phi) is 1.73. The summed E-state index contributed by atoms with van der Waals surface area (Å²) in [7, 11) is 1.97. The van der Waals surface area contributed by atoms with E-state index in [1.54, 1.807) is 11.3 Å². The van der Waals surface area contributed by atoms with Crippen molar-refractivity contribution < 1.29 is 0 Å². The lowest BCUT2D eigenvalue weighted by molar-refractivity contribution is 0.776. The van der Waals surface area contributed by atoms with Gasteiger partial charge in [0.2, 0.25) is 0 Å². The van der Waals surface area contributed by atoms with Crippen LogP contribution in [0.15, 0.2) is 23.0 Å². The van der Waals surface area contributed by atoms with Gasteiger partial charge in [-0.3, -0.25) is 4.68 Å². The second-order valence-electron chi connectivity index (χ2n) is 2.81. The van der Waals surface area contributed by atoms with Crippen LogP contribution < -0.4 is 0 Å². The molecule has 2 nitrogen and oxygen atoms in total. The van der Waals surface area contributed by atoms with Gasteiger partial charge in [0.05, 0.1) is 11.9 Å². The summed E-state index contributed by atoms with van der Waals surface area (Å²) in [4.78, 5) is 0. The molecular weight excluding hydrogens is 168 g/mol. The van der Waals surface area contributed by atoms with Crippen LogP contribution in [0.2, 0.25) is 0 Å². The Morgan fingerprint density at radius 1 is 1.50 bits per heavy atom. The van der Waals surface area contributed by atoms with E-state index in [2.05, 4.69) is 28.8 Å². The van der Waals surface area contributed by atoms with Crippen molar-refractivity contribution in [1.29, 1.82) is 0 Å². The third-order valence-corrected chi connectivity index (χ3v) is 2.60. The van der Waals surface area contributed by atoms with Gasteiger partial charge in [-0.05, 0) is 23.9 Å². The highest BCUT2D eigenvalue weighted by Gasteiger charge is 2.06. The zero-order chi connectivity index (χ0) is 8.55. The molecule has 0 aromatic carbocycles. The van der Waals surface area contributed by atoms with E-state index in [9.17, 15) is 0 Å². The lowest BCUT2D eigenvalue weighted by Crippen LogP contribution is -1.92. The molecule has 0 saturated heterocycles. The van der Waals surface area contributed by atoms with E-state index in [1.807, 2.05) is 17.9 Å². The first kappa shape index (κ1) is 7.55. The topological polar surface area (TPSA) is 17.8 Å². The monoisotopic (exact) mass is 178 g/mol. The minimum atomic E-state index is 1.22. The van der Waals surface area contributed by atoms with Gasteiger partial charge in [-0.2, -0.15) is 16.4 Å². The van der Waals surface area contributed by atoms with Crippen LogP contribution in [0.4, 0.5) is 0 Å². The number of thiophene rings is 1. The summed E-state index contributed by atoms with van der Waals surface area (Å²) in [5.41, 5.74) is 3.71. The van der Waals surface area contributed by atoms with E-state index in [1.165, 1.54) is 16.8 Å². The third-order valence-electron chi connectivity index (χ3n) is 1.92. The van der Waals surface area contributed by atoms with Crippen molar-refractivity contribution in [2.45, 2.75) is 6.92 Å². The van der Waals surface area contributed by atoms with Gasteiger partial charge in [-0.1, -0.05) is 0 Å². The van der Waals surface area contributed by atoms with Gasteiger partial charge in [0.15, 0.2) is 0 Å². The number of hydrogen-bond acceptors (Lipinski definition) is 2. The molecule has 2 aromatic rings. The number of rotatable bonds is 1. The van der Waals surface area contributed by atoms with Crippen LogP contribution in [0.3, 0.4) is 0 Å². The van der Waals surface area contributed by atoms with Crippen molar-refractivity contribution >= 4 is 11.3 Å². The molecule has 0 N–H and O–H groups in total. The maximum absolute atomic E-state index is 4.19. The Morgan fingerprint density at radius 3 is 2.83 bits per heavy atom. The van der Waals surface area contributed by atoms with Crippen LogP contribution in [0.5, 0.6) is 0 Å². The number of aryl methyl sites for hydroxylation is 2. The fourth-order valence-corrected chi connectivity index (χ4v) is 2.00. The molecule has 0 aliphatic rings. The van der Waals surface area contributed by atoms with Crippen molar-refractivity contribution in [3.8, 4) is 11.3 Å². The molecule has 0 radical (unpaired) electrons. The molecule has 0 unspecified atom stereocenters. The standard InChI is InChI=1S/C9H10N2S/c1-7-5-10-11(2)9(7)8-3-4-12-6-8/h3-6H,1-2H3. The maximum atomic E-state index is 4.19. The average molecular weight is 178 g/mol. The van der Waals surface area contributed by atoms with E-state index in [0.29, 0.717) is 0 Å². The van der Waals surface area contributed by atoms with Gasteiger partial charge in [0.1, 0.15) is 0 Å². The minimum Gasteiger partial charge on any atom is -0.268 e. The Labute approximate surface area is 75.5 Å². The molecule has 0 fully saturated rings. The van der Waals surface area contributed by atoms with E-state index < -0.39 is 0 Å². The normalized spacial score (nSPS) is 10.5. The molecular formula is C9H10N2S. The summed E-state index contributed by atoms with van der Waals surface area (Å²) in [6.07, 6.45) is 1.90.